The lowest BCUT2D eigenvalue weighted by atomic mass is 10.0. The molecule has 2 aromatic rings. The molecule has 1 aliphatic rings. The summed E-state index contributed by atoms with van der Waals surface area (Å²) in [5, 5.41) is 3.06. The minimum Gasteiger partial charge on any atom is -0.497 e. The fourth-order valence-electron chi connectivity index (χ4n) is 3.76. The Balaban J connectivity index is 1.87. The highest BCUT2D eigenvalue weighted by Crippen LogP contribution is 2.32. The summed E-state index contributed by atoms with van der Waals surface area (Å²) in [6.45, 7) is 8.60. The predicted octanol–water partition coefficient (Wildman–Crippen LogP) is 5.92. The largest absolute Gasteiger partial charge is 0.497 e. The normalized spacial score (nSPS) is 16.1. The molecule has 1 aliphatic carbocycles. The van der Waals surface area contributed by atoms with E-state index in [2.05, 4.69) is 70.7 Å². The Morgan fingerprint density at radius 2 is 1.80 bits per heavy atom. The number of aliphatic imine (C=N–C) groups is 1. The quantitative estimate of drug-likeness (QED) is 0.161. The van der Waals surface area contributed by atoms with E-state index in [4.69, 9.17) is 9.47 Å². The fourth-order valence-corrected chi connectivity index (χ4v) is 3.76. The Hall–Kier alpha value is -3.80. The molecule has 0 radical (unpaired) electrons. The molecule has 1 unspecified atom stereocenters. The molecule has 0 saturated heterocycles. The van der Waals surface area contributed by atoms with Crippen molar-refractivity contribution >= 4 is 29.8 Å². The molecule has 3 rings (SSSR count). The van der Waals surface area contributed by atoms with Crippen LogP contribution in [-0.4, -0.2) is 38.0 Å². The van der Waals surface area contributed by atoms with E-state index in [1.807, 2.05) is 39.0 Å². The zero-order valence-electron chi connectivity index (χ0n) is 21.2. The van der Waals surface area contributed by atoms with Gasteiger partial charge in [-0.15, -0.1) is 0 Å². The van der Waals surface area contributed by atoms with Crippen molar-refractivity contribution in [3.05, 3.63) is 89.4 Å². The van der Waals surface area contributed by atoms with Gasteiger partial charge >= 0.3 is 0 Å². The third kappa shape index (κ3) is 7.34. The molecule has 0 heterocycles. The molecular weight excluding hydrogens is 438 g/mol. The van der Waals surface area contributed by atoms with Gasteiger partial charge in [0.1, 0.15) is 5.76 Å². The number of benzene rings is 2. The van der Waals surface area contributed by atoms with Crippen LogP contribution in [0.3, 0.4) is 0 Å². The standard InChI is InChI=1S/C29H35N3O3/c1-6-30-29(31-21(2)3)35-28(20-33)19-23-9-13-25(14-10-23)32(24-11-7-22(4)8-12-24)26-15-17-27(34-5)18-16-26/h7-15,17-21,26H,6,16H2,1-5H3,(H,30,31)/b28-19+. The van der Waals surface area contributed by atoms with Gasteiger partial charge in [-0.2, -0.15) is 0 Å². The SMILES string of the molecule is CCNC(=NC(C)C)O/C(C=O)=C/c1ccc(N(c2ccc(C)cc2)C2C=CC(OC)=CC2)cc1. The molecule has 0 spiro atoms. The number of nitrogens with zero attached hydrogens (tertiary/aromatic N) is 2. The highest BCUT2D eigenvalue weighted by atomic mass is 16.5. The fraction of sp³-hybridized carbons (Fsp3) is 0.310. The zero-order valence-corrected chi connectivity index (χ0v) is 21.2. The molecule has 0 saturated carbocycles. The molecule has 184 valence electrons. The van der Waals surface area contributed by atoms with Gasteiger partial charge in [0.05, 0.1) is 13.2 Å². The zero-order chi connectivity index (χ0) is 25.2. The number of anilines is 2. The van der Waals surface area contributed by atoms with E-state index in [1.165, 1.54) is 5.56 Å². The van der Waals surface area contributed by atoms with Gasteiger partial charge in [0, 0.05) is 24.0 Å². The molecule has 2 aromatic carbocycles. The molecule has 0 amide bonds. The van der Waals surface area contributed by atoms with Crippen LogP contribution < -0.4 is 10.2 Å². The van der Waals surface area contributed by atoms with Gasteiger partial charge in [0.25, 0.3) is 6.02 Å². The molecule has 0 fully saturated rings. The summed E-state index contributed by atoms with van der Waals surface area (Å²) in [6.07, 6.45) is 9.54. The van der Waals surface area contributed by atoms with Gasteiger partial charge in [-0.25, -0.2) is 4.99 Å². The molecule has 0 bridgehead atoms. The summed E-state index contributed by atoms with van der Waals surface area (Å²) < 4.78 is 11.1. The summed E-state index contributed by atoms with van der Waals surface area (Å²) in [6, 6.07) is 17.2. The van der Waals surface area contributed by atoms with Crippen LogP contribution in [0, 0.1) is 6.92 Å². The van der Waals surface area contributed by atoms with Crippen molar-refractivity contribution in [2.45, 2.75) is 46.2 Å². The van der Waals surface area contributed by atoms with Crippen LogP contribution in [0.5, 0.6) is 0 Å². The number of methoxy groups -OCH3 is 1. The van der Waals surface area contributed by atoms with Crippen molar-refractivity contribution in [3.8, 4) is 0 Å². The van der Waals surface area contributed by atoms with E-state index in [0.29, 0.717) is 18.9 Å². The average Bonchev–Trinajstić information content (AvgIpc) is 2.86. The first-order valence-electron chi connectivity index (χ1n) is 12.0. The summed E-state index contributed by atoms with van der Waals surface area (Å²) >= 11 is 0. The monoisotopic (exact) mass is 473 g/mol. The summed E-state index contributed by atoms with van der Waals surface area (Å²) in [4.78, 5) is 18.4. The third-order valence-corrected chi connectivity index (χ3v) is 5.44. The van der Waals surface area contributed by atoms with Gasteiger partial charge in [-0.1, -0.05) is 35.9 Å². The Kier molecular flexibility index (Phi) is 9.30. The van der Waals surface area contributed by atoms with Crippen molar-refractivity contribution < 1.29 is 14.3 Å². The molecule has 0 aromatic heterocycles. The Labute approximate surface area is 208 Å². The first-order valence-corrected chi connectivity index (χ1v) is 12.0. The molecule has 6 heteroatoms. The maximum absolute atomic E-state index is 11.7. The van der Waals surface area contributed by atoms with E-state index in [-0.39, 0.29) is 17.8 Å². The van der Waals surface area contributed by atoms with Crippen LogP contribution in [0.15, 0.2) is 83.3 Å². The van der Waals surface area contributed by atoms with Crippen molar-refractivity contribution in [2.75, 3.05) is 18.6 Å². The maximum atomic E-state index is 11.7. The van der Waals surface area contributed by atoms with Crippen LogP contribution in [0.1, 0.15) is 38.3 Å². The number of amidine groups is 1. The second-order valence-corrected chi connectivity index (χ2v) is 8.59. The molecule has 1 atom stereocenters. The Morgan fingerprint density at radius 3 is 2.31 bits per heavy atom. The van der Waals surface area contributed by atoms with Crippen molar-refractivity contribution in [3.63, 3.8) is 0 Å². The van der Waals surface area contributed by atoms with Gasteiger partial charge in [-0.05, 0) is 82.2 Å². The number of allylic oxidation sites excluding steroid dienone is 2. The van der Waals surface area contributed by atoms with Crippen LogP contribution in [0.25, 0.3) is 6.08 Å². The van der Waals surface area contributed by atoms with Gasteiger partial charge in [0.2, 0.25) is 0 Å². The van der Waals surface area contributed by atoms with Crippen molar-refractivity contribution in [1.82, 2.24) is 5.32 Å². The third-order valence-electron chi connectivity index (χ3n) is 5.44. The lowest BCUT2D eigenvalue weighted by molar-refractivity contribution is -0.106. The Morgan fingerprint density at radius 1 is 1.14 bits per heavy atom. The summed E-state index contributed by atoms with van der Waals surface area (Å²) in [7, 11) is 1.69. The number of hydrogen-bond donors (Lipinski definition) is 1. The minimum atomic E-state index is 0.0487. The molecule has 0 aliphatic heterocycles. The molecule has 35 heavy (non-hydrogen) atoms. The van der Waals surface area contributed by atoms with Gasteiger partial charge in [-0.3, -0.25) is 4.79 Å². The van der Waals surface area contributed by atoms with Crippen LogP contribution >= 0.6 is 0 Å². The Bertz CT molecular complexity index is 1100. The minimum absolute atomic E-state index is 0.0487. The first-order chi connectivity index (χ1) is 16.9. The summed E-state index contributed by atoms with van der Waals surface area (Å²) in [5.41, 5.74) is 4.24. The van der Waals surface area contributed by atoms with Gasteiger partial charge in [0.15, 0.2) is 12.0 Å². The first kappa shape index (κ1) is 25.8. The molecule has 6 nitrogen and oxygen atoms in total. The predicted molar refractivity (Wildman–Crippen MR) is 144 cm³/mol. The maximum Gasteiger partial charge on any atom is 0.290 e. The van der Waals surface area contributed by atoms with Crippen LogP contribution in [0.2, 0.25) is 0 Å². The number of nitrogens with one attached hydrogen (secondary N) is 1. The summed E-state index contributed by atoms with van der Waals surface area (Å²) in [5.74, 6) is 1.07. The highest BCUT2D eigenvalue weighted by molar-refractivity contribution is 5.85. The van der Waals surface area contributed by atoms with E-state index < -0.39 is 0 Å². The number of aldehydes is 1. The average molecular weight is 474 g/mol. The van der Waals surface area contributed by atoms with Crippen molar-refractivity contribution in [2.24, 2.45) is 4.99 Å². The lowest BCUT2D eigenvalue weighted by Gasteiger charge is -2.33. The van der Waals surface area contributed by atoms with Gasteiger partial charge < -0.3 is 19.7 Å². The molecule has 1 N–H and O–H groups in total. The second-order valence-electron chi connectivity index (χ2n) is 8.59. The number of carbonyl (C=O) groups excluding carboxylic acids is 1. The van der Waals surface area contributed by atoms with E-state index >= 15 is 0 Å². The number of hydrogen-bond acceptors (Lipinski definition) is 5. The molecular formula is C29H35N3O3. The van der Waals surface area contributed by atoms with E-state index in [0.717, 1.165) is 29.1 Å². The lowest BCUT2D eigenvalue weighted by Crippen LogP contribution is -2.30. The second kappa shape index (κ2) is 12.6. The number of carbonyl (C=O) groups is 1. The topological polar surface area (TPSA) is 63.2 Å². The van der Waals surface area contributed by atoms with Crippen molar-refractivity contribution in [1.29, 1.82) is 0 Å². The number of aryl methyl sites for hydroxylation is 1. The van der Waals surface area contributed by atoms with Crippen LogP contribution in [-0.2, 0) is 14.3 Å². The van der Waals surface area contributed by atoms with E-state index in [9.17, 15) is 4.79 Å². The number of ether oxygens (including phenoxy) is 2. The van der Waals surface area contributed by atoms with E-state index in [1.54, 1.807) is 13.2 Å². The number of rotatable bonds is 9. The van der Waals surface area contributed by atoms with Crippen LogP contribution in [0.4, 0.5) is 11.4 Å². The highest BCUT2D eigenvalue weighted by Gasteiger charge is 2.20. The smallest absolute Gasteiger partial charge is 0.290 e.